The fourth-order valence-electron chi connectivity index (χ4n) is 4.10. The SMILES string of the molecule is CCN1CCN(C(=O)CC2=CSC3=NCCN23)[C@@H]2CS(=O)(=O)C[C@@H]21. The van der Waals surface area contributed by atoms with Crippen molar-refractivity contribution in [2.75, 3.05) is 44.2 Å². The number of amidine groups is 1. The predicted octanol–water partition coefficient (Wildman–Crippen LogP) is -0.0340. The molecule has 0 aromatic carbocycles. The van der Waals surface area contributed by atoms with Gasteiger partial charge in [-0.05, 0) is 12.0 Å². The van der Waals surface area contributed by atoms with E-state index in [1.165, 1.54) is 0 Å². The molecule has 0 aliphatic carbocycles. The van der Waals surface area contributed by atoms with E-state index in [0.29, 0.717) is 13.0 Å². The van der Waals surface area contributed by atoms with Crippen molar-refractivity contribution in [3.05, 3.63) is 11.1 Å². The fraction of sp³-hybridized carbons (Fsp3) is 0.733. The molecule has 0 N–H and O–H groups in total. The summed E-state index contributed by atoms with van der Waals surface area (Å²) in [5, 5.41) is 2.98. The lowest BCUT2D eigenvalue weighted by atomic mass is 10.0. The van der Waals surface area contributed by atoms with Gasteiger partial charge in [-0.1, -0.05) is 18.7 Å². The fourth-order valence-corrected chi connectivity index (χ4v) is 7.06. The Morgan fingerprint density at radius 1 is 1.29 bits per heavy atom. The zero-order valence-corrected chi connectivity index (χ0v) is 15.4. The molecule has 1 amide bonds. The van der Waals surface area contributed by atoms with Crippen LogP contribution < -0.4 is 0 Å². The minimum atomic E-state index is -3.06. The summed E-state index contributed by atoms with van der Waals surface area (Å²) in [6, 6.07) is -0.244. The molecule has 0 aromatic heterocycles. The van der Waals surface area contributed by atoms with Crippen molar-refractivity contribution in [2.45, 2.75) is 25.4 Å². The average molecular weight is 371 g/mol. The standard InChI is InChI=1S/C15H22N4O3S2/c1-2-17-5-6-19(13-10-24(21,22)9-12(13)17)14(20)7-11-8-23-15-16-3-4-18(11)15/h8,12-13H,2-7,9-10H2,1H3/t12-,13+/m0/s1. The summed E-state index contributed by atoms with van der Waals surface area (Å²) in [6.45, 7) is 5.87. The van der Waals surface area contributed by atoms with E-state index < -0.39 is 9.84 Å². The third-order valence-corrected chi connectivity index (χ3v) is 7.95. The Morgan fingerprint density at radius 3 is 2.88 bits per heavy atom. The minimum Gasteiger partial charge on any atom is -0.335 e. The van der Waals surface area contributed by atoms with Gasteiger partial charge < -0.3 is 9.80 Å². The third kappa shape index (κ3) is 2.76. The number of thioether (sulfide) groups is 1. The number of piperazine rings is 1. The minimum absolute atomic E-state index is 0.0397. The maximum Gasteiger partial charge on any atom is 0.228 e. The van der Waals surface area contributed by atoms with E-state index in [2.05, 4.69) is 14.8 Å². The molecule has 24 heavy (non-hydrogen) atoms. The van der Waals surface area contributed by atoms with Crippen molar-refractivity contribution in [3.8, 4) is 0 Å². The number of aliphatic imine (C=N–C) groups is 1. The van der Waals surface area contributed by atoms with Crippen LogP contribution in [0.15, 0.2) is 16.1 Å². The molecule has 4 heterocycles. The second kappa shape index (κ2) is 6.03. The second-order valence-electron chi connectivity index (χ2n) is 6.65. The molecule has 0 radical (unpaired) electrons. The highest BCUT2D eigenvalue weighted by Gasteiger charge is 2.47. The number of carbonyl (C=O) groups is 1. The Morgan fingerprint density at radius 2 is 2.08 bits per heavy atom. The van der Waals surface area contributed by atoms with Gasteiger partial charge in [-0.3, -0.25) is 14.7 Å². The van der Waals surface area contributed by atoms with Crippen LogP contribution >= 0.6 is 11.8 Å². The molecule has 7 nitrogen and oxygen atoms in total. The van der Waals surface area contributed by atoms with Gasteiger partial charge in [0.1, 0.15) is 0 Å². The van der Waals surface area contributed by atoms with Crippen molar-refractivity contribution in [1.29, 1.82) is 0 Å². The second-order valence-corrected chi connectivity index (χ2v) is 9.64. The van der Waals surface area contributed by atoms with Gasteiger partial charge in [0, 0.05) is 31.4 Å². The lowest BCUT2D eigenvalue weighted by Crippen LogP contribution is -2.60. The van der Waals surface area contributed by atoms with Crippen LogP contribution in [0.3, 0.4) is 0 Å². The van der Waals surface area contributed by atoms with Gasteiger partial charge in [0.15, 0.2) is 15.0 Å². The number of sulfone groups is 1. The number of hydrogen-bond donors (Lipinski definition) is 0. The lowest BCUT2D eigenvalue weighted by Gasteiger charge is -2.43. The molecule has 0 bridgehead atoms. The first-order valence-electron chi connectivity index (χ1n) is 8.40. The number of hydrogen-bond acceptors (Lipinski definition) is 7. The molecule has 2 fully saturated rings. The van der Waals surface area contributed by atoms with Gasteiger partial charge in [0.25, 0.3) is 0 Å². The summed E-state index contributed by atoms with van der Waals surface area (Å²) in [4.78, 5) is 23.4. The Balaban J connectivity index is 1.49. The van der Waals surface area contributed by atoms with Crippen LogP contribution in [-0.2, 0) is 14.6 Å². The lowest BCUT2D eigenvalue weighted by molar-refractivity contribution is -0.136. The summed E-state index contributed by atoms with van der Waals surface area (Å²) in [7, 11) is -3.06. The van der Waals surface area contributed by atoms with Crippen molar-refractivity contribution < 1.29 is 13.2 Å². The van der Waals surface area contributed by atoms with Crippen LogP contribution in [0.5, 0.6) is 0 Å². The predicted molar refractivity (Wildman–Crippen MR) is 94.5 cm³/mol. The quantitative estimate of drug-likeness (QED) is 0.694. The smallest absolute Gasteiger partial charge is 0.228 e. The number of likely N-dealkylation sites (N-methyl/N-ethyl adjacent to an activating group) is 1. The first-order chi connectivity index (χ1) is 11.5. The molecule has 0 unspecified atom stereocenters. The number of rotatable bonds is 3. The van der Waals surface area contributed by atoms with Gasteiger partial charge in [0.05, 0.1) is 30.5 Å². The van der Waals surface area contributed by atoms with Crippen molar-refractivity contribution in [1.82, 2.24) is 14.7 Å². The molecule has 4 aliphatic heterocycles. The molecule has 2 saturated heterocycles. The molecule has 9 heteroatoms. The molecule has 0 aromatic rings. The molecule has 2 atom stereocenters. The van der Waals surface area contributed by atoms with Crippen molar-refractivity contribution >= 4 is 32.7 Å². The third-order valence-electron chi connectivity index (χ3n) is 5.30. The Kier molecular flexibility index (Phi) is 4.12. The summed E-state index contributed by atoms with van der Waals surface area (Å²) in [5.41, 5.74) is 0.997. The number of nitrogens with zero attached hydrogens (tertiary/aromatic N) is 4. The van der Waals surface area contributed by atoms with Crippen molar-refractivity contribution in [3.63, 3.8) is 0 Å². The topological polar surface area (TPSA) is 73.3 Å². The average Bonchev–Trinajstić information content (AvgIpc) is 3.20. The monoisotopic (exact) mass is 370 g/mol. The highest BCUT2D eigenvalue weighted by atomic mass is 32.2. The van der Waals surface area contributed by atoms with Crippen LogP contribution in [-0.4, -0.2) is 90.5 Å². The Hall–Kier alpha value is -1.06. The van der Waals surface area contributed by atoms with E-state index in [-0.39, 0.29) is 29.5 Å². The Bertz CT molecular complexity index is 718. The largest absolute Gasteiger partial charge is 0.335 e. The molecule has 4 rings (SSSR count). The van der Waals surface area contributed by atoms with Gasteiger partial charge in [0.2, 0.25) is 5.91 Å². The highest BCUT2D eigenvalue weighted by Crippen LogP contribution is 2.33. The molecule has 0 saturated carbocycles. The molecule has 0 spiro atoms. The van der Waals surface area contributed by atoms with E-state index in [4.69, 9.17) is 0 Å². The van der Waals surface area contributed by atoms with Crippen LogP contribution in [0, 0.1) is 0 Å². The van der Waals surface area contributed by atoms with Crippen molar-refractivity contribution in [2.24, 2.45) is 4.99 Å². The van der Waals surface area contributed by atoms with Crippen LogP contribution in [0.4, 0.5) is 0 Å². The van der Waals surface area contributed by atoms with Gasteiger partial charge >= 0.3 is 0 Å². The number of carbonyl (C=O) groups excluding carboxylic acids is 1. The first kappa shape index (κ1) is 16.4. The summed E-state index contributed by atoms with van der Waals surface area (Å²) in [6.07, 6.45) is 0.335. The number of amides is 1. The van der Waals surface area contributed by atoms with E-state index in [1.54, 1.807) is 11.8 Å². The van der Waals surface area contributed by atoms with Crippen LogP contribution in [0.1, 0.15) is 13.3 Å². The molecule has 132 valence electrons. The number of fused-ring (bicyclic) bond motifs is 2. The highest BCUT2D eigenvalue weighted by molar-refractivity contribution is 8.16. The zero-order valence-electron chi connectivity index (χ0n) is 13.7. The van der Waals surface area contributed by atoms with E-state index in [9.17, 15) is 13.2 Å². The molecule has 4 aliphatic rings. The molecular formula is C15H22N4O3S2. The van der Waals surface area contributed by atoms with Crippen LogP contribution in [0.2, 0.25) is 0 Å². The molecular weight excluding hydrogens is 348 g/mol. The summed E-state index contributed by atoms with van der Waals surface area (Å²) in [5.74, 6) is 0.318. The normalized spacial score (nSPS) is 31.7. The van der Waals surface area contributed by atoms with E-state index >= 15 is 0 Å². The maximum atomic E-state index is 12.9. The van der Waals surface area contributed by atoms with Gasteiger partial charge in [-0.2, -0.15) is 0 Å². The van der Waals surface area contributed by atoms with E-state index in [0.717, 1.165) is 37.0 Å². The van der Waals surface area contributed by atoms with Crippen LogP contribution in [0.25, 0.3) is 0 Å². The summed E-state index contributed by atoms with van der Waals surface area (Å²) >= 11 is 1.57. The van der Waals surface area contributed by atoms with Gasteiger partial charge in [-0.15, -0.1) is 0 Å². The maximum absolute atomic E-state index is 12.9. The Labute approximate surface area is 146 Å². The van der Waals surface area contributed by atoms with Gasteiger partial charge in [-0.25, -0.2) is 8.42 Å². The van der Waals surface area contributed by atoms with E-state index in [1.807, 2.05) is 17.2 Å². The summed E-state index contributed by atoms with van der Waals surface area (Å²) < 4.78 is 24.2. The first-order valence-corrected chi connectivity index (χ1v) is 11.1. The zero-order chi connectivity index (χ0) is 16.9.